The van der Waals surface area contributed by atoms with E-state index in [1.807, 2.05) is 6.07 Å². The third-order valence-corrected chi connectivity index (χ3v) is 2.17. The Morgan fingerprint density at radius 3 is 2.69 bits per heavy atom. The summed E-state index contributed by atoms with van der Waals surface area (Å²) in [7, 11) is 1.68. The number of pyridine rings is 1. The highest BCUT2D eigenvalue weighted by Gasteiger charge is 2.32. The van der Waals surface area contributed by atoms with Crippen LogP contribution < -0.4 is 11.1 Å². The maximum Gasteiger partial charge on any atom is 0.243 e. The van der Waals surface area contributed by atoms with E-state index in [0.29, 0.717) is 5.69 Å². The summed E-state index contributed by atoms with van der Waals surface area (Å²) in [5.41, 5.74) is 5.01. The van der Waals surface area contributed by atoms with Crippen LogP contribution in [0.3, 0.4) is 0 Å². The van der Waals surface area contributed by atoms with Gasteiger partial charge in [-0.2, -0.15) is 0 Å². The first kappa shape index (κ1) is 9.67. The summed E-state index contributed by atoms with van der Waals surface area (Å²) in [6.07, 6.45) is 1.63. The molecule has 4 nitrogen and oxygen atoms in total. The molecule has 4 heteroatoms. The Hall–Kier alpha value is -1.42. The molecular formula is C9H13N3O. The lowest BCUT2D eigenvalue weighted by atomic mass is 9.97. The number of aromatic nitrogens is 1. The zero-order chi connectivity index (χ0) is 9.90. The fraction of sp³-hybridized carbons (Fsp3) is 0.333. The standard InChI is InChI=1S/C9H13N3O/c1-9(11-2,8(10)13)7-5-3-4-6-12-7/h3-6,11H,1-2H3,(H2,10,13). The highest BCUT2D eigenvalue weighted by molar-refractivity contribution is 5.85. The van der Waals surface area contributed by atoms with Crippen molar-refractivity contribution in [1.29, 1.82) is 0 Å². The lowest BCUT2D eigenvalue weighted by Crippen LogP contribution is -2.49. The van der Waals surface area contributed by atoms with Gasteiger partial charge in [-0.1, -0.05) is 6.07 Å². The molecule has 1 atom stereocenters. The van der Waals surface area contributed by atoms with E-state index in [2.05, 4.69) is 10.3 Å². The zero-order valence-electron chi connectivity index (χ0n) is 7.74. The smallest absolute Gasteiger partial charge is 0.243 e. The van der Waals surface area contributed by atoms with E-state index in [0.717, 1.165) is 0 Å². The molecule has 0 aromatic carbocycles. The van der Waals surface area contributed by atoms with Crippen molar-refractivity contribution in [3.63, 3.8) is 0 Å². The van der Waals surface area contributed by atoms with Crippen molar-refractivity contribution in [2.24, 2.45) is 5.73 Å². The van der Waals surface area contributed by atoms with Gasteiger partial charge in [-0.3, -0.25) is 9.78 Å². The summed E-state index contributed by atoms with van der Waals surface area (Å²) < 4.78 is 0. The summed E-state index contributed by atoms with van der Waals surface area (Å²) >= 11 is 0. The number of likely N-dealkylation sites (N-methyl/N-ethyl adjacent to an activating group) is 1. The van der Waals surface area contributed by atoms with Gasteiger partial charge in [0, 0.05) is 6.20 Å². The number of carbonyl (C=O) groups excluding carboxylic acids is 1. The molecule has 0 fully saturated rings. The van der Waals surface area contributed by atoms with Gasteiger partial charge in [0.2, 0.25) is 5.91 Å². The molecule has 0 radical (unpaired) electrons. The number of hydrogen-bond acceptors (Lipinski definition) is 3. The first-order valence-corrected chi connectivity index (χ1v) is 4.01. The summed E-state index contributed by atoms with van der Waals surface area (Å²) in [6.45, 7) is 1.71. The average Bonchev–Trinajstić information content (AvgIpc) is 2.17. The van der Waals surface area contributed by atoms with E-state index in [-0.39, 0.29) is 0 Å². The first-order chi connectivity index (χ1) is 6.11. The Bertz CT molecular complexity index is 299. The van der Waals surface area contributed by atoms with Gasteiger partial charge in [0.1, 0.15) is 5.54 Å². The van der Waals surface area contributed by atoms with Crippen LogP contribution in [-0.2, 0) is 10.3 Å². The SMILES string of the molecule is CNC(C)(C(N)=O)c1ccccn1. The Kier molecular flexibility index (Phi) is 2.63. The maximum atomic E-state index is 11.2. The predicted octanol–water partition coefficient (Wildman–Crippen LogP) is 0.00150. The Morgan fingerprint density at radius 1 is 1.62 bits per heavy atom. The Balaban J connectivity index is 3.11. The van der Waals surface area contributed by atoms with E-state index < -0.39 is 11.4 Å². The normalized spacial score (nSPS) is 14.9. The highest BCUT2D eigenvalue weighted by Crippen LogP contribution is 2.16. The molecule has 1 rings (SSSR count). The van der Waals surface area contributed by atoms with Gasteiger partial charge in [0.15, 0.2) is 0 Å². The van der Waals surface area contributed by atoms with Gasteiger partial charge in [-0.15, -0.1) is 0 Å². The minimum atomic E-state index is -0.888. The lowest BCUT2D eigenvalue weighted by molar-refractivity contribution is -0.124. The molecule has 0 saturated carbocycles. The molecule has 1 heterocycles. The number of nitrogens with two attached hydrogens (primary N) is 1. The number of rotatable bonds is 3. The molecule has 1 aromatic rings. The third kappa shape index (κ3) is 1.67. The molecule has 1 aromatic heterocycles. The number of primary amides is 1. The second-order valence-corrected chi connectivity index (χ2v) is 2.95. The average molecular weight is 179 g/mol. The van der Waals surface area contributed by atoms with Crippen LogP contribution >= 0.6 is 0 Å². The fourth-order valence-electron chi connectivity index (χ4n) is 1.04. The second kappa shape index (κ2) is 3.53. The molecule has 0 saturated heterocycles. The van der Waals surface area contributed by atoms with Crippen LogP contribution in [0.1, 0.15) is 12.6 Å². The van der Waals surface area contributed by atoms with E-state index in [1.165, 1.54) is 0 Å². The number of carbonyl (C=O) groups is 1. The van der Waals surface area contributed by atoms with Crippen molar-refractivity contribution in [2.45, 2.75) is 12.5 Å². The molecule has 70 valence electrons. The molecule has 1 amide bonds. The van der Waals surface area contributed by atoms with Gasteiger partial charge in [0.05, 0.1) is 5.69 Å². The van der Waals surface area contributed by atoms with Crippen molar-refractivity contribution in [3.05, 3.63) is 30.1 Å². The van der Waals surface area contributed by atoms with Crippen molar-refractivity contribution >= 4 is 5.91 Å². The summed E-state index contributed by atoms with van der Waals surface area (Å²) in [6, 6.07) is 5.38. The molecule has 3 N–H and O–H groups in total. The molecule has 0 aliphatic carbocycles. The number of nitrogens with zero attached hydrogens (tertiary/aromatic N) is 1. The van der Waals surface area contributed by atoms with Crippen LogP contribution in [0.25, 0.3) is 0 Å². The molecule has 0 aliphatic heterocycles. The van der Waals surface area contributed by atoms with E-state index in [9.17, 15) is 4.79 Å². The highest BCUT2D eigenvalue weighted by atomic mass is 16.1. The second-order valence-electron chi connectivity index (χ2n) is 2.95. The topological polar surface area (TPSA) is 68.0 Å². The Morgan fingerprint density at radius 2 is 2.31 bits per heavy atom. The van der Waals surface area contributed by atoms with Crippen molar-refractivity contribution in [3.8, 4) is 0 Å². The third-order valence-electron chi connectivity index (χ3n) is 2.17. The van der Waals surface area contributed by atoms with Gasteiger partial charge in [0.25, 0.3) is 0 Å². The Labute approximate surface area is 77.2 Å². The summed E-state index contributed by atoms with van der Waals surface area (Å²) in [5, 5.41) is 2.86. The van der Waals surface area contributed by atoms with Crippen LogP contribution in [-0.4, -0.2) is 17.9 Å². The maximum absolute atomic E-state index is 11.2. The fourth-order valence-corrected chi connectivity index (χ4v) is 1.04. The van der Waals surface area contributed by atoms with Crippen LogP contribution in [0.4, 0.5) is 0 Å². The largest absolute Gasteiger partial charge is 0.368 e. The van der Waals surface area contributed by atoms with Gasteiger partial charge < -0.3 is 11.1 Å². The molecule has 0 spiro atoms. The zero-order valence-corrected chi connectivity index (χ0v) is 7.74. The predicted molar refractivity (Wildman–Crippen MR) is 49.8 cm³/mol. The van der Waals surface area contributed by atoms with Crippen molar-refractivity contribution in [1.82, 2.24) is 10.3 Å². The first-order valence-electron chi connectivity index (χ1n) is 4.01. The minimum absolute atomic E-state index is 0.436. The monoisotopic (exact) mass is 179 g/mol. The summed E-state index contributed by atoms with van der Waals surface area (Å²) in [4.78, 5) is 15.3. The number of nitrogens with one attached hydrogen (secondary N) is 1. The molecule has 1 unspecified atom stereocenters. The molecule has 13 heavy (non-hydrogen) atoms. The van der Waals surface area contributed by atoms with Crippen LogP contribution in [0.2, 0.25) is 0 Å². The van der Waals surface area contributed by atoms with E-state index >= 15 is 0 Å². The number of amides is 1. The van der Waals surface area contributed by atoms with Crippen molar-refractivity contribution in [2.75, 3.05) is 7.05 Å². The lowest BCUT2D eigenvalue weighted by Gasteiger charge is -2.24. The van der Waals surface area contributed by atoms with E-state index in [1.54, 1.807) is 32.3 Å². The quantitative estimate of drug-likeness (QED) is 0.686. The minimum Gasteiger partial charge on any atom is -0.368 e. The molecule has 0 bridgehead atoms. The molecule has 0 aliphatic rings. The van der Waals surface area contributed by atoms with Crippen LogP contribution in [0.5, 0.6) is 0 Å². The van der Waals surface area contributed by atoms with Gasteiger partial charge >= 0.3 is 0 Å². The number of hydrogen-bond donors (Lipinski definition) is 2. The van der Waals surface area contributed by atoms with E-state index in [4.69, 9.17) is 5.73 Å². The van der Waals surface area contributed by atoms with Gasteiger partial charge in [-0.25, -0.2) is 0 Å². The van der Waals surface area contributed by atoms with Crippen molar-refractivity contribution < 1.29 is 4.79 Å². The summed E-state index contributed by atoms with van der Waals surface area (Å²) in [5.74, 6) is -0.436. The molecular weight excluding hydrogens is 166 g/mol. The van der Waals surface area contributed by atoms with Crippen LogP contribution in [0.15, 0.2) is 24.4 Å². The van der Waals surface area contributed by atoms with Gasteiger partial charge in [-0.05, 0) is 26.1 Å². The van der Waals surface area contributed by atoms with Crippen LogP contribution in [0, 0.1) is 0 Å².